The first-order chi connectivity index (χ1) is 9.62. The van der Waals surface area contributed by atoms with Crippen molar-refractivity contribution in [3.8, 4) is 17.2 Å². The summed E-state index contributed by atoms with van der Waals surface area (Å²) in [5, 5.41) is 9.75. The van der Waals surface area contributed by atoms with Crippen molar-refractivity contribution in [1.29, 1.82) is 0 Å². The highest BCUT2D eigenvalue weighted by atomic mass is 79.9. The van der Waals surface area contributed by atoms with Crippen LogP contribution in [0.25, 0.3) is 0 Å². The Hall–Kier alpha value is -2.01. The third-order valence-electron chi connectivity index (χ3n) is 2.68. The van der Waals surface area contributed by atoms with Crippen molar-refractivity contribution in [2.75, 3.05) is 14.2 Å². The van der Waals surface area contributed by atoms with Crippen molar-refractivity contribution in [2.45, 2.75) is 0 Å². The topological polar surface area (TPSA) is 51.0 Å². The summed E-state index contributed by atoms with van der Waals surface area (Å²) in [7, 11) is 3.17. The van der Waals surface area contributed by atoms with Gasteiger partial charge in [-0.25, -0.2) is 0 Å². The maximum Gasteiger partial charge on any atom is 0.124 e. The lowest BCUT2D eigenvalue weighted by Gasteiger charge is -2.05. The van der Waals surface area contributed by atoms with Crippen molar-refractivity contribution in [3.05, 3.63) is 46.4 Å². The van der Waals surface area contributed by atoms with Gasteiger partial charge in [0.2, 0.25) is 0 Å². The van der Waals surface area contributed by atoms with Gasteiger partial charge in [-0.3, -0.25) is 4.99 Å². The SMILES string of the molecule is COc1cc(N=Cc2cc(Br)ccc2O)cc(OC)c1. The zero-order chi connectivity index (χ0) is 14.5. The monoisotopic (exact) mass is 335 g/mol. The van der Waals surface area contributed by atoms with Crippen LogP contribution in [-0.2, 0) is 0 Å². The van der Waals surface area contributed by atoms with Crippen LogP contribution in [0.3, 0.4) is 0 Å². The number of hydrogen-bond acceptors (Lipinski definition) is 4. The van der Waals surface area contributed by atoms with Crippen molar-refractivity contribution in [2.24, 2.45) is 4.99 Å². The van der Waals surface area contributed by atoms with Gasteiger partial charge in [-0.05, 0) is 18.2 Å². The van der Waals surface area contributed by atoms with Crippen LogP contribution < -0.4 is 9.47 Å². The minimum absolute atomic E-state index is 0.173. The molecule has 0 amide bonds. The van der Waals surface area contributed by atoms with Gasteiger partial charge in [-0.1, -0.05) is 15.9 Å². The number of rotatable bonds is 4. The average Bonchev–Trinajstić information content (AvgIpc) is 2.47. The quantitative estimate of drug-likeness (QED) is 0.861. The molecule has 5 heteroatoms. The largest absolute Gasteiger partial charge is 0.507 e. The smallest absolute Gasteiger partial charge is 0.124 e. The zero-order valence-corrected chi connectivity index (χ0v) is 12.7. The summed E-state index contributed by atoms with van der Waals surface area (Å²) in [5.41, 5.74) is 1.31. The first-order valence-electron chi connectivity index (χ1n) is 5.88. The Morgan fingerprint density at radius 3 is 2.30 bits per heavy atom. The number of aliphatic imine (C=N–C) groups is 1. The van der Waals surface area contributed by atoms with E-state index in [0.29, 0.717) is 22.7 Å². The summed E-state index contributed by atoms with van der Waals surface area (Å²) in [6.07, 6.45) is 1.59. The molecule has 2 aromatic carbocycles. The minimum Gasteiger partial charge on any atom is -0.507 e. The molecule has 0 saturated carbocycles. The van der Waals surface area contributed by atoms with E-state index in [-0.39, 0.29) is 5.75 Å². The highest BCUT2D eigenvalue weighted by molar-refractivity contribution is 9.10. The molecule has 0 radical (unpaired) electrons. The van der Waals surface area contributed by atoms with Crippen LogP contribution in [0.15, 0.2) is 45.9 Å². The molecule has 0 atom stereocenters. The number of nitrogens with zero attached hydrogens (tertiary/aromatic N) is 1. The van der Waals surface area contributed by atoms with E-state index in [1.54, 1.807) is 56.8 Å². The van der Waals surface area contributed by atoms with Crippen LogP contribution in [0.1, 0.15) is 5.56 Å². The maximum absolute atomic E-state index is 9.75. The Morgan fingerprint density at radius 2 is 1.70 bits per heavy atom. The van der Waals surface area contributed by atoms with Crippen LogP contribution in [0.2, 0.25) is 0 Å². The third-order valence-corrected chi connectivity index (χ3v) is 3.17. The summed E-state index contributed by atoms with van der Waals surface area (Å²) < 4.78 is 11.2. The summed E-state index contributed by atoms with van der Waals surface area (Å²) in [6, 6.07) is 10.5. The maximum atomic E-state index is 9.75. The van der Waals surface area contributed by atoms with Crippen molar-refractivity contribution < 1.29 is 14.6 Å². The lowest BCUT2D eigenvalue weighted by atomic mass is 10.2. The number of phenolic OH excluding ortho intramolecular Hbond substituents is 1. The number of benzene rings is 2. The summed E-state index contributed by atoms with van der Waals surface area (Å²) in [5.74, 6) is 1.50. The van der Waals surface area contributed by atoms with E-state index in [1.807, 2.05) is 0 Å². The van der Waals surface area contributed by atoms with Gasteiger partial charge in [0.25, 0.3) is 0 Å². The van der Waals surface area contributed by atoms with Gasteiger partial charge in [0, 0.05) is 34.4 Å². The van der Waals surface area contributed by atoms with E-state index < -0.39 is 0 Å². The molecule has 1 N–H and O–H groups in total. The first kappa shape index (κ1) is 14.4. The molecule has 0 aromatic heterocycles. The number of methoxy groups -OCH3 is 2. The molecule has 0 aliphatic carbocycles. The minimum atomic E-state index is 0.173. The molecule has 4 nitrogen and oxygen atoms in total. The summed E-state index contributed by atoms with van der Waals surface area (Å²) in [4.78, 5) is 4.33. The number of phenols is 1. The molecule has 104 valence electrons. The fraction of sp³-hybridized carbons (Fsp3) is 0.133. The Bertz CT molecular complexity index is 619. The Balaban J connectivity index is 2.33. The van der Waals surface area contributed by atoms with Crippen LogP contribution in [-0.4, -0.2) is 25.5 Å². The second-order valence-corrected chi connectivity index (χ2v) is 4.95. The fourth-order valence-corrected chi connectivity index (χ4v) is 2.02. The lowest BCUT2D eigenvalue weighted by Crippen LogP contribution is -1.87. The van der Waals surface area contributed by atoms with Gasteiger partial charge >= 0.3 is 0 Å². The molecule has 0 aliphatic rings. The first-order valence-corrected chi connectivity index (χ1v) is 6.67. The van der Waals surface area contributed by atoms with E-state index in [1.165, 1.54) is 0 Å². The molecule has 0 spiro atoms. The fourth-order valence-electron chi connectivity index (χ4n) is 1.64. The molecule has 0 unspecified atom stereocenters. The van der Waals surface area contributed by atoms with Crippen molar-refractivity contribution in [1.82, 2.24) is 0 Å². The molecule has 2 aromatic rings. The summed E-state index contributed by atoms with van der Waals surface area (Å²) >= 11 is 3.36. The van der Waals surface area contributed by atoms with Gasteiger partial charge in [-0.2, -0.15) is 0 Å². The van der Waals surface area contributed by atoms with Gasteiger partial charge < -0.3 is 14.6 Å². The van der Waals surface area contributed by atoms with Crippen molar-refractivity contribution >= 4 is 27.8 Å². The lowest BCUT2D eigenvalue weighted by molar-refractivity contribution is 0.394. The normalized spacial score (nSPS) is 10.8. The highest BCUT2D eigenvalue weighted by Gasteiger charge is 2.02. The molecule has 0 heterocycles. The molecule has 0 aliphatic heterocycles. The number of hydrogen-bond donors (Lipinski definition) is 1. The molecule has 0 saturated heterocycles. The molecule has 20 heavy (non-hydrogen) atoms. The molecular weight excluding hydrogens is 322 g/mol. The summed E-state index contributed by atoms with van der Waals surface area (Å²) in [6.45, 7) is 0. The number of halogens is 1. The standard InChI is InChI=1S/C15H14BrNO3/c1-19-13-6-12(7-14(8-13)20-2)17-9-10-5-11(16)3-4-15(10)18/h3-9,18H,1-2H3. The van der Waals surface area contributed by atoms with Gasteiger partial charge in [0.1, 0.15) is 17.2 Å². The van der Waals surface area contributed by atoms with Gasteiger partial charge in [0.15, 0.2) is 0 Å². The van der Waals surface area contributed by atoms with Crippen LogP contribution >= 0.6 is 15.9 Å². The predicted molar refractivity (Wildman–Crippen MR) is 82.6 cm³/mol. The third kappa shape index (κ3) is 3.51. The van der Waals surface area contributed by atoms with E-state index >= 15 is 0 Å². The van der Waals surface area contributed by atoms with Gasteiger partial charge in [-0.15, -0.1) is 0 Å². The number of ether oxygens (including phenoxy) is 2. The van der Waals surface area contributed by atoms with E-state index in [9.17, 15) is 5.11 Å². The van der Waals surface area contributed by atoms with Crippen LogP contribution in [0, 0.1) is 0 Å². The second kappa shape index (κ2) is 6.43. The highest BCUT2D eigenvalue weighted by Crippen LogP contribution is 2.28. The number of aromatic hydroxyl groups is 1. The zero-order valence-electron chi connectivity index (χ0n) is 11.1. The van der Waals surface area contributed by atoms with E-state index in [2.05, 4.69) is 20.9 Å². The average molecular weight is 336 g/mol. The molecular formula is C15H14BrNO3. The van der Waals surface area contributed by atoms with Crippen molar-refractivity contribution in [3.63, 3.8) is 0 Å². The van der Waals surface area contributed by atoms with E-state index in [0.717, 1.165) is 4.47 Å². The molecule has 2 rings (SSSR count). The molecule has 0 bridgehead atoms. The Labute approximate surface area is 125 Å². The Kier molecular flexibility index (Phi) is 4.63. The van der Waals surface area contributed by atoms with Gasteiger partial charge in [0.05, 0.1) is 19.9 Å². The Morgan fingerprint density at radius 1 is 1.05 bits per heavy atom. The van der Waals surface area contributed by atoms with E-state index in [4.69, 9.17) is 9.47 Å². The predicted octanol–water partition coefficient (Wildman–Crippen LogP) is 3.92. The second-order valence-electron chi connectivity index (χ2n) is 4.03. The van der Waals surface area contributed by atoms with Crippen LogP contribution in [0.4, 0.5) is 5.69 Å². The molecule has 0 fully saturated rings. The van der Waals surface area contributed by atoms with Crippen LogP contribution in [0.5, 0.6) is 17.2 Å².